The first-order valence-corrected chi connectivity index (χ1v) is 6.37. The van der Waals surface area contributed by atoms with Crippen LogP contribution in [0.4, 0.5) is 0 Å². The fourth-order valence-corrected chi connectivity index (χ4v) is 2.99. The standard InChI is InChI=1S/C11H18N2OS/c1-8-12-5-10(15-8)6-13-11-4-2-3-9(11)7-14/h5,9,11,13-14H,2-4,6-7H2,1H3. The first-order chi connectivity index (χ1) is 7.29. The van der Waals surface area contributed by atoms with Gasteiger partial charge in [0.2, 0.25) is 0 Å². The van der Waals surface area contributed by atoms with Crippen LogP contribution in [-0.4, -0.2) is 22.7 Å². The van der Waals surface area contributed by atoms with Crippen molar-refractivity contribution in [3.8, 4) is 0 Å². The van der Waals surface area contributed by atoms with E-state index in [1.165, 1.54) is 17.7 Å². The third-order valence-corrected chi connectivity index (χ3v) is 4.01. The first-order valence-electron chi connectivity index (χ1n) is 5.55. The molecule has 3 nitrogen and oxygen atoms in total. The van der Waals surface area contributed by atoms with Gasteiger partial charge in [0.25, 0.3) is 0 Å². The number of hydrogen-bond acceptors (Lipinski definition) is 4. The molecule has 1 heterocycles. The third-order valence-electron chi connectivity index (χ3n) is 3.10. The molecule has 0 aromatic carbocycles. The van der Waals surface area contributed by atoms with E-state index in [9.17, 15) is 5.11 Å². The molecule has 0 saturated heterocycles. The highest BCUT2D eigenvalue weighted by Gasteiger charge is 2.25. The Hall–Kier alpha value is -0.450. The Balaban J connectivity index is 1.82. The lowest BCUT2D eigenvalue weighted by molar-refractivity contribution is 0.205. The second-order valence-corrected chi connectivity index (χ2v) is 5.53. The maximum Gasteiger partial charge on any atom is 0.0897 e. The molecule has 2 unspecified atom stereocenters. The predicted octanol–water partition coefficient (Wildman–Crippen LogP) is 1.70. The molecule has 0 radical (unpaired) electrons. The van der Waals surface area contributed by atoms with Gasteiger partial charge in [0.1, 0.15) is 0 Å². The van der Waals surface area contributed by atoms with Gasteiger partial charge >= 0.3 is 0 Å². The summed E-state index contributed by atoms with van der Waals surface area (Å²) in [5.41, 5.74) is 0. The van der Waals surface area contributed by atoms with Crippen molar-refractivity contribution in [3.05, 3.63) is 16.1 Å². The molecule has 2 rings (SSSR count). The summed E-state index contributed by atoms with van der Waals surface area (Å²) >= 11 is 1.74. The number of nitrogens with zero attached hydrogens (tertiary/aromatic N) is 1. The van der Waals surface area contributed by atoms with E-state index in [1.807, 2.05) is 13.1 Å². The van der Waals surface area contributed by atoms with Gasteiger partial charge < -0.3 is 10.4 Å². The number of hydrogen-bond donors (Lipinski definition) is 2. The molecule has 2 atom stereocenters. The zero-order valence-electron chi connectivity index (χ0n) is 9.07. The molecule has 0 spiro atoms. The SMILES string of the molecule is Cc1ncc(CNC2CCCC2CO)s1. The van der Waals surface area contributed by atoms with Crippen LogP contribution in [0.1, 0.15) is 29.1 Å². The Morgan fingerprint density at radius 2 is 2.47 bits per heavy atom. The highest BCUT2D eigenvalue weighted by molar-refractivity contribution is 7.11. The maximum absolute atomic E-state index is 9.19. The lowest BCUT2D eigenvalue weighted by Gasteiger charge is -2.18. The highest BCUT2D eigenvalue weighted by Crippen LogP contribution is 2.25. The molecule has 1 saturated carbocycles. The van der Waals surface area contributed by atoms with Crippen molar-refractivity contribution in [2.75, 3.05) is 6.61 Å². The van der Waals surface area contributed by atoms with Crippen LogP contribution in [-0.2, 0) is 6.54 Å². The van der Waals surface area contributed by atoms with Gasteiger partial charge in [-0.25, -0.2) is 4.98 Å². The molecular formula is C11H18N2OS. The lowest BCUT2D eigenvalue weighted by Crippen LogP contribution is -2.33. The van der Waals surface area contributed by atoms with Gasteiger partial charge in [-0.15, -0.1) is 11.3 Å². The second-order valence-electron chi connectivity index (χ2n) is 4.21. The molecule has 1 aliphatic rings. The number of thiazole rings is 1. The van der Waals surface area contributed by atoms with Crippen molar-refractivity contribution in [1.29, 1.82) is 0 Å². The van der Waals surface area contributed by atoms with Gasteiger partial charge in [0, 0.05) is 30.3 Å². The van der Waals surface area contributed by atoms with Gasteiger partial charge in [-0.3, -0.25) is 0 Å². The van der Waals surface area contributed by atoms with Gasteiger partial charge in [-0.1, -0.05) is 6.42 Å². The summed E-state index contributed by atoms with van der Waals surface area (Å²) in [6, 6.07) is 0.498. The summed E-state index contributed by atoms with van der Waals surface area (Å²) in [6.45, 7) is 3.24. The Morgan fingerprint density at radius 3 is 3.13 bits per heavy atom. The van der Waals surface area contributed by atoms with Crippen molar-refractivity contribution in [2.24, 2.45) is 5.92 Å². The highest BCUT2D eigenvalue weighted by atomic mass is 32.1. The summed E-state index contributed by atoms with van der Waals surface area (Å²) in [4.78, 5) is 5.52. The molecule has 0 amide bonds. The van der Waals surface area contributed by atoms with Crippen molar-refractivity contribution in [3.63, 3.8) is 0 Å². The Labute approximate surface area is 94.5 Å². The average Bonchev–Trinajstić information content (AvgIpc) is 2.83. The van der Waals surface area contributed by atoms with Crippen LogP contribution in [0.2, 0.25) is 0 Å². The monoisotopic (exact) mass is 226 g/mol. The van der Waals surface area contributed by atoms with Crippen LogP contribution in [0, 0.1) is 12.8 Å². The van der Waals surface area contributed by atoms with Crippen LogP contribution in [0.3, 0.4) is 0 Å². The molecule has 1 aromatic heterocycles. The second kappa shape index (κ2) is 5.05. The van der Waals surface area contributed by atoms with Gasteiger partial charge in [-0.2, -0.15) is 0 Å². The van der Waals surface area contributed by atoms with E-state index in [4.69, 9.17) is 0 Å². The quantitative estimate of drug-likeness (QED) is 0.821. The van der Waals surface area contributed by atoms with Crippen LogP contribution >= 0.6 is 11.3 Å². The van der Waals surface area contributed by atoms with Crippen LogP contribution < -0.4 is 5.32 Å². The molecule has 1 fully saturated rings. The Morgan fingerprint density at radius 1 is 1.60 bits per heavy atom. The van der Waals surface area contributed by atoms with E-state index < -0.39 is 0 Å². The van der Waals surface area contributed by atoms with Crippen LogP contribution in [0.15, 0.2) is 6.20 Å². The molecule has 15 heavy (non-hydrogen) atoms. The molecular weight excluding hydrogens is 208 g/mol. The Kier molecular flexibility index (Phi) is 3.72. The minimum absolute atomic E-state index is 0.319. The number of rotatable bonds is 4. The van der Waals surface area contributed by atoms with Crippen LogP contribution in [0.25, 0.3) is 0 Å². The van der Waals surface area contributed by atoms with Gasteiger partial charge in [0.05, 0.1) is 5.01 Å². The van der Waals surface area contributed by atoms with E-state index in [0.717, 1.165) is 18.0 Å². The molecule has 1 aliphatic carbocycles. The van der Waals surface area contributed by atoms with E-state index in [-0.39, 0.29) is 0 Å². The molecule has 0 bridgehead atoms. The van der Waals surface area contributed by atoms with E-state index in [0.29, 0.717) is 18.6 Å². The minimum atomic E-state index is 0.319. The molecule has 0 aliphatic heterocycles. The predicted molar refractivity (Wildman–Crippen MR) is 61.9 cm³/mol. The fourth-order valence-electron chi connectivity index (χ4n) is 2.24. The van der Waals surface area contributed by atoms with E-state index in [1.54, 1.807) is 11.3 Å². The maximum atomic E-state index is 9.19. The number of aromatic nitrogens is 1. The molecule has 2 N–H and O–H groups in total. The van der Waals surface area contributed by atoms with Crippen molar-refractivity contribution in [1.82, 2.24) is 10.3 Å². The summed E-state index contributed by atoms with van der Waals surface area (Å²) in [7, 11) is 0. The normalized spacial score (nSPS) is 26.0. The number of aliphatic hydroxyl groups excluding tert-OH is 1. The van der Waals surface area contributed by atoms with Gasteiger partial charge in [0.15, 0.2) is 0 Å². The van der Waals surface area contributed by atoms with Gasteiger partial charge in [-0.05, 0) is 25.7 Å². The lowest BCUT2D eigenvalue weighted by atomic mass is 10.1. The minimum Gasteiger partial charge on any atom is -0.396 e. The average molecular weight is 226 g/mol. The van der Waals surface area contributed by atoms with Crippen molar-refractivity contribution < 1.29 is 5.11 Å². The zero-order chi connectivity index (χ0) is 10.7. The molecule has 1 aromatic rings. The topological polar surface area (TPSA) is 45.2 Å². The zero-order valence-corrected chi connectivity index (χ0v) is 9.89. The summed E-state index contributed by atoms with van der Waals surface area (Å²) < 4.78 is 0. The smallest absolute Gasteiger partial charge is 0.0897 e. The number of aliphatic hydroxyl groups is 1. The van der Waals surface area contributed by atoms with E-state index >= 15 is 0 Å². The third kappa shape index (κ3) is 2.77. The Bertz CT molecular complexity index is 313. The fraction of sp³-hybridized carbons (Fsp3) is 0.727. The first kappa shape index (κ1) is 11.0. The number of aryl methyl sites for hydroxylation is 1. The van der Waals surface area contributed by atoms with Crippen LogP contribution in [0.5, 0.6) is 0 Å². The summed E-state index contributed by atoms with van der Waals surface area (Å²) in [6.07, 6.45) is 5.54. The molecule has 4 heteroatoms. The summed E-state index contributed by atoms with van der Waals surface area (Å²) in [5.74, 6) is 0.457. The number of nitrogens with one attached hydrogen (secondary N) is 1. The van der Waals surface area contributed by atoms with E-state index in [2.05, 4.69) is 10.3 Å². The molecule has 84 valence electrons. The van der Waals surface area contributed by atoms with Crippen molar-refractivity contribution >= 4 is 11.3 Å². The largest absolute Gasteiger partial charge is 0.396 e. The van der Waals surface area contributed by atoms with Crippen molar-refractivity contribution in [2.45, 2.75) is 38.8 Å². The summed E-state index contributed by atoms with van der Waals surface area (Å²) in [5, 5.41) is 13.8.